The lowest BCUT2D eigenvalue weighted by Crippen LogP contribution is -2.32. The number of benzene rings is 2. The van der Waals surface area contributed by atoms with Crippen molar-refractivity contribution in [1.29, 1.82) is 0 Å². The lowest BCUT2D eigenvalue weighted by molar-refractivity contribution is -0.138. The summed E-state index contributed by atoms with van der Waals surface area (Å²) in [7, 11) is 1.58. The fourth-order valence-electron chi connectivity index (χ4n) is 2.71. The summed E-state index contributed by atoms with van der Waals surface area (Å²) in [4.78, 5) is 23.3. The van der Waals surface area contributed by atoms with Gasteiger partial charge in [-0.3, -0.25) is 13.9 Å². The van der Waals surface area contributed by atoms with E-state index in [1.807, 2.05) is 0 Å². The molecule has 3 N–H and O–H groups in total. The van der Waals surface area contributed by atoms with Crippen LogP contribution in [0.3, 0.4) is 0 Å². The third-order valence-electron chi connectivity index (χ3n) is 4.00. The van der Waals surface area contributed by atoms with Gasteiger partial charge in [-0.15, -0.1) is 0 Å². The number of aryl methyl sites for hydroxylation is 1. The van der Waals surface area contributed by atoms with Crippen LogP contribution >= 0.6 is 0 Å². The molecular formula is C17H16FN3O3. The van der Waals surface area contributed by atoms with Crippen LogP contribution < -0.4 is 11.4 Å². The number of halogens is 1. The van der Waals surface area contributed by atoms with Gasteiger partial charge in [0, 0.05) is 7.05 Å². The second-order valence-corrected chi connectivity index (χ2v) is 5.60. The number of nitrogens with zero attached hydrogens (tertiary/aromatic N) is 2. The van der Waals surface area contributed by atoms with Gasteiger partial charge >= 0.3 is 11.7 Å². The van der Waals surface area contributed by atoms with Crippen LogP contribution in [0.15, 0.2) is 47.3 Å². The molecule has 1 unspecified atom stereocenters. The van der Waals surface area contributed by atoms with Crippen molar-refractivity contribution in [3.63, 3.8) is 0 Å². The van der Waals surface area contributed by atoms with Gasteiger partial charge in [0.1, 0.15) is 17.4 Å². The fourth-order valence-corrected chi connectivity index (χ4v) is 2.71. The van der Waals surface area contributed by atoms with Gasteiger partial charge in [0.05, 0.1) is 11.2 Å². The van der Waals surface area contributed by atoms with Gasteiger partial charge in [0.25, 0.3) is 0 Å². The Morgan fingerprint density at radius 1 is 1.25 bits per heavy atom. The number of aromatic nitrogens is 2. The van der Waals surface area contributed by atoms with Crippen LogP contribution in [0.2, 0.25) is 0 Å². The first-order valence-electron chi connectivity index (χ1n) is 7.34. The number of carboxylic acids is 1. The van der Waals surface area contributed by atoms with Gasteiger partial charge in [0.2, 0.25) is 0 Å². The monoisotopic (exact) mass is 329 g/mol. The molecule has 0 fully saturated rings. The molecule has 0 saturated heterocycles. The van der Waals surface area contributed by atoms with Crippen LogP contribution in [-0.4, -0.2) is 26.3 Å². The zero-order valence-corrected chi connectivity index (χ0v) is 12.9. The third kappa shape index (κ3) is 2.59. The average molecular weight is 329 g/mol. The minimum atomic E-state index is -1.08. The highest BCUT2D eigenvalue weighted by atomic mass is 19.1. The van der Waals surface area contributed by atoms with Gasteiger partial charge in [-0.1, -0.05) is 18.2 Å². The molecule has 1 heterocycles. The van der Waals surface area contributed by atoms with E-state index >= 15 is 0 Å². The largest absolute Gasteiger partial charge is 0.480 e. The molecular weight excluding hydrogens is 313 g/mol. The van der Waals surface area contributed by atoms with Crippen molar-refractivity contribution < 1.29 is 14.3 Å². The van der Waals surface area contributed by atoms with Gasteiger partial charge < -0.3 is 10.8 Å². The second kappa shape index (κ2) is 5.93. The molecule has 0 aliphatic carbocycles. The quantitative estimate of drug-likeness (QED) is 0.757. The first-order valence-corrected chi connectivity index (χ1v) is 7.34. The van der Waals surface area contributed by atoms with Crippen LogP contribution in [0.1, 0.15) is 5.56 Å². The van der Waals surface area contributed by atoms with Gasteiger partial charge in [-0.25, -0.2) is 9.18 Å². The number of hydrogen-bond donors (Lipinski definition) is 2. The molecule has 3 aromatic rings. The van der Waals surface area contributed by atoms with Crippen LogP contribution in [0, 0.1) is 5.82 Å². The minimum Gasteiger partial charge on any atom is -0.480 e. The summed E-state index contributed by atoms with van der Waals surface area (Å²) in [5.74, 6) is -1.56. The van der Waals surface area contributed by atoms with E-state index in [0.29, 0.717) is 11.2 Å². The number of fused-ring (bicyclic) bond motifs is 1. The van der Waals surface area contributed by atoms with Gasteiger partial charge in [-0.2, -0.15) is 0 Å². The van der Waals surface area contributed by atoms with E-state index in [1.165, 1.54) is 15.2 Å². The predicted molar refractivity (Wildman–Crippen MR) is 87.8 cm³/mol. The predicted octanol–water partition coefficient (Wildman–Crippen LogP) is 1.42. The van der Waals surface area contributed by atoms with E-state index in [2.05, 4.69) is 0 Å². The Labute approximate surface area is 136 Å². The molecule has 0 amide bonds. The van der Waals surface area contributed by atoms with Crippen LogP contribution in [0.25, 0.3) is 16.7 Å². The maximum atomic E-state index is 14.2. The van der Waals surface area contributed by atoms with Gasteiger partial charge in [-0.05, 0) is 36.2 Å². The molecule has 6 nitrogen and oxygen atoms in total. The highest BCUT2D eigenvalue weighted by Gasteiger charge is 2.16. The smallest absolute Gasteiger partial charge is 0.333 e. The average Bonchev–Trinajstić information content (AvgIpc) is 2.81. The number of para-hydroxylation sites is 1. The van der Waals surface area contributed by atoms with Crippen LogP contribution in [0.5, 0.6) is 0 Å². The Kier molecular flexibility index (Phi) is 3.94. The summed E-state index contributed by atoms with van der Waals surface area (Å²) < 4.78 is 16.9. The highest BCUT2D eigenvalue weighted by molar-refractivity contribution is 5.78. The molecule has 7 heteroatoms. The van der Waals surface area contributed by atoms with Gasteiger partial charge in [0.15, 0.2) is 0 Å². The number of nitrogens with two attached hydrogens (primary N) is 1. The Morgan fingerprint density at radius 3 is 2.54 bits per heavy atom. The summed E-state index contributed by atoms with van der Waals surface area (Å²) in [6.07, 6.45) is 0.175. The number of carboxylic acid groups (broad SMARTS) is 1. The maximum Gasteiger partial charge on any atom is 0.333 e. The number of aliphatic carboxylic acids is 1. The standard InChI is InChI=1S/C17H16FN3O3/c1-20-14-4-2-3-12(18)15(14)21(17(20)24)11-7-5-10(6-8-11)9-13(19)16(22)23/h2-8,13H,9,19H2,1H3,(H,22,23). The van der Waals surface area contributed by atoms with Crippen molar-refractivity contribution >= 4 is 17.0 Å². The zero-order chi connectivity index (χ0) is 17.4. The van der Waals surface area contributed by atoms with Crippen LogP contribution in [0.4, 0.5) is 4.39 Å². The summed E-state index contributed by atoms with van der Waals surface area (Å²) in [6, 6.07) is 10.2. The lowest BCUT2D eigenvalue weighted by atomic mass is 10.1. The van der Waals surface area contributed by atoms with Crippen molar-refractivity contribution in [3.8, 4) is 5.69 Å². The van der Waals surface area contributed by atoms with Crippen molar-refractivity contribution in [2.45, 2.75) is 12.5 Å². The summed E-state index contributed by atoms with van der Waals surface area (Å²) in [6.45, 7) is 0. The van der Waals surface area contributed by atoms with E-state index in [1.54, 1.807) is 43.4 Å². The van der Waals surface area contributed by atoms with E-state index in [9.17, 15) is 14.0 Å². The molecule has 2 aromatic carbocycles. The van der Waals surface area contributed by atoms with E-state index in [0.717, 1.165) is 5.56 Å². The summed E-state index contributed by atoms with van der Waals surface area (Å²) in [5, 5.41) is 8.85. The van der Waals surface area contributed by atoms with Crippen molar-refractivity contribution in [1.82, 2.24) is 9.13 Å². The number of imidazole rings is 1. The Bertz CT molecular complexity index is 973. The van der Waals surface area contributed by atoms with Crippen molar-refractivity contribution in [2.75, 3.05) is 0 Å². The third-order valence-corrected chi connectivity index (χ3v) is 4.00. The molecule has 0 saturated carbocycles. The maximum absolute atomic E-state index is 14.2. The van der Waals surface area contributed by atoms with Crippen molar-refractivity contribution in [2.24, 2.45) is 12.8 Å². The first-order chi connectivity index (χ1) is 11.4. The minimum absolute atomic E-state index is 0.175. The molecule has 24 heavy (non-hydrogen) atoms. The van der Waals surface area contributed by atoms with Crippen LogP contribution in [-0.2, 0) is 18.3 Å². The molecule has 0 aliphatic rings. The molecule has 124 valence electrons. The molecule has 3 rings (SSSR count). The molecule has 0 bridgehead atoms. The van der Waals surface area contributed by atoms with Crippen molar-refractivity contribution in [3.05, 3.63) is 64.3 Å². The summed E-state index contributed by atoms with van der Waals surface area (Å²) >= 11 is 0. The Hall–Kier alpha value is -2.93. The summed E-state index contributed by atoms with van der Waals surface area (Å²) in [5.41, 5.74) is 7.09. The van der Waals surface area contributed by atoms with E-state index in [4.69, 9.17) is 10.8 Å². The topological polar surface area (TPSA) is 90.3 Å². The van der Waals surface area contributed by atoms with E-state index < -0.39 is 17.8 Å². The normalized spacial score (nSPS) is 12.5. The molecule has 0 radical (unpaired) electrons. The molecule has 1 aromatic heterocycles. The number of rotatable bonds is 4. The second-order valence-electron chi connectivity index (χ2n) is 5.60. The highest BCUT2D eigenvalue weighted by Crippen LogP contribution is 2.20. The Morgan fingerprint density at radius 2 is 1.92 bits per heavy atom. The zero-order valence-electron chi connectivity index (χ0n) is 12.9. The van der Waals surface area contributed by atoms with E-state index in [-0.39, 0.29) is 17.6 Å². The fraction of sp³-hybridized carbons (Fsp3) is 0.176. The number of carbonyl (C=O) groups is 1. The SMILES string of the molecule is Cn1c(=O)n(-c2ccc(CC(N)C(=O)O)cc2)c2c(F)cccc21. The molecule has 1 atom stereocenters. The molecule has 0 spiro atoms. The Balaban J connectivity index is 2.07. The molecule has 0 aliphatic heterocycles. The lowest BCUT2D eigenvalue weighted by Gasteiger charge is -2.08. The number of hydrogen-bond acceptors (Lipinski definition) is 3. The first kappa shape index (κ1) is 15.9.